The Morgan fingerprint density at radius 2 is 0.936 bits per heavy atom. The molecule has 0 amide bonds. The average molecular weight is 671 g/mol. The van der Waals surface area contributed by atoms with Crippen molar-refractivity contribution in [1.29, 1.82) is 0 Å². The lowest BCUT2D eigenvalue weighted by atomic mass is 9.83. The number of aryl methyl sites for hydroxylation is 6. The fourth-order valence-corrected chi connectivity index (χ4v) is 7.34. The van der Waals surface area contributed by atoms with E-state index in [-0.39, 0.29) is 5.56 Å². The Labute approximate surface area is 277 Å². The molecule has 5 aromatic rings. The lowest BCUT2D eigenvalue weighted by molar-refractivity contribution is 0.480. The number of para-hydroxylation sites is 2. The molecule has 5 aromatic carbocycles. The maximum Gasteiger partial charge on any atom is 0.294 e. The molecule has 5 rings (SSSR count). The molecule has 0 fully saturated rings. The van der Waals surface area contributed by atoms with E-state index in [1.165, 1.54) is 6.07 Å². The van der Waals surface area contributed by atoms with Crippen molar-refractivity contribution in [2.24, 2.45) is 0 Å². The molecule has 0 bridgehead atoms. The van der Waals surface area contributed by atoms with E-state index in [0.29, 0.717) is 11.1 Å². The molecule has 244 valence electrons. The van der Waals surface area contributed by atoms with Crippen LogP contribution in [-0.2, 0) is 20.2 Å². The Morgan fingerprint density at radius 3 is 1.30 bits per heavy atom. The molecular weight excluding hydrogens is 633 g/mol. The van der Waals surface area contributed by atoms with Crippen molar-refractivity contribution < 1.29 is 25.9 Å². The van der Waals surface area contributed by atoms with Gasteiger partial charge in [0.05, 0.1) is 9.79 Å². The Balaban J connectivity index is 1.67. The van der Waals surface area contributed by atoms with E-state index >= 15 is 0 Å². The highest BCUT2D eigenvalue weighted by Crippen LogP contribution is 2.40. The second-order valence-electron chi connectivity index (χ2n) is 12.0. The van der Waals surface area contributed by atoms with Crippen molar-refractivity contribution >= 4 is 43.0 Å². The molecule has 0 unspecified atom stereocenters. The summed E-state index contributed by atoms with van der Waals surface area (Å²) in [5.41, 5.74) is 11.5. The highest BCUT2D eigenvalue weighted by Gasteiger charge is 2.28. The van der Waals surface area contributed by atoms with Crippen LogP contribution in [0.25, 0.3) is 0 Å². The Hall–Kier alpha value is -4.48. The molecule has 0 aliphatic carbocycles. The summed E-state index contributed by atoms with van der Waals surface area (Å²) in [6, 6.07) is 26.9. The Kier molecular flexibility index (Phi) is 9.34. The number of anilines is 4. The minimum absolute atomic E-state index is 0.157. The number of hydrogen-bond donors (Lipinski definition) is 4. The molecule has 0 aliphatic heterocycles. The van der Waals surface area contributed by atoms with Crippen LogP contribution in [0.15, 0.2) is 101 Å². The van der Waals surface area contributed by atoms with Crippen molar-refractivity contribution in [2.75, 3.05) is 10.6 Å². The van der Waals surface area contributed by atoms with Gasteiger partial charge in [0.15, 0.2) is 0 Å². The van der Waals surface area contributed by atoms with Crippen LogP contribution >= 0.6 is 0 Å². The molecule has 0 saturated heterocycles. The number of rotatable bonds is 9. The van der Waals surface area contributed by atoms with Crippen LogP contribution in [0.2, 0.25) is 0 Å². The van der Waals surface area contributed by atoms with Gasteiger partial charge in [-0.2, -0.15) is 16.8 Å². The normalized spacial score (nSPS) is 11.9. The molecule has 0 heterocycles. The van der Waals surface area contributed by atoms with Crippen LogP contribution < -0.4 is 10.6 Å². The maximum atomic E-state index is 12.7. The molecule has 0 radical (unpaired) electrons. The van der Waals surface area contributed by atoms with Gasteiger partial charge in [-0.15, -0.1) is 0 Å². The minimum Gasteiger partial charge on any atom is -0.355 e. The maximum absolute atomic E-state index is 12.7. The first-order valence-corrected chi connectivity index (χ1v) is 17.9. The first-order chi connectivity index (χ1) is 22.0. The van der Waals surface area contributed by atoms with Gasteiger partial charge in [-0.05, 0) is 116 Å². The molecule has 0 atom stereocenters. The smallest absolute Gasteiger partial charge is 0.294 e. The zero-order chi connectivity index (χ0) is 34.3. The standard InChI is InChI=1S/C37H38N2O6S2/c1-22-9-7-10-23(2)36(22)38-32-17-13-28(19-26(32)5)35(31-16-15-30(46(40,41)42)21-34(31)47(43,44)45)29-14-18-33(27(6)20-29)39-37-24(3)11-8-12-25(37)4/h7-21,35,38-39H,1-6H3,(H,40,41,42)(H,43,44,45). The zero-order valence-electron chi connectivity index (χ0n) is 27.1. The topological polar surface area (TPSA) is 133 Å². The molecule has 0 aromatic heterocycles. The van der Waals surface area contributed by atoms with Crippen molar-refractivity contribution in [3.05, 3.63) is 141 Å². The Morgan fingerprint density at radius 1 is 0.511 bits per heavy atom. The third-order valence-electron chi connectivity index (χ3n) is 8.52. The number of nitrogens with one attached hydrogen (secondary N) is 2. The first kappa shape index (κ1) is 33.9. The van der Waals surface area contributed by atoms with Crippen LogP contribution in [0.3, 0.4) is 0 Å². The summed E-state index contributed by atoms with van der Waals surface area (Å²) in [5, 5.41) is 7.05. The van der Waals surface area contributed by atoms with Crippen molar-refractivity contribution in [2.45, 2.75) is 57.3 Å². The van der Waals surface area contributed by atoms with Crippen molar-refractivity contribution in [3.8, 4) is 0 Å². The molecule has 0 saturated carbocycles. The fraction of sp³-hybridized carbons (Fsp3) is 0.189. The molecule has 0 aliphatic rings. The van der Waals surface area contributed by atoms with Gasteiger partial charge < -0.3 is 10.6 Å². The molecule has 0 spiro atoms. The van der Waals surface area contributed by atoms with Crippen LogP contribution in [-0.4, -0.2) is 25.9 Å². The zero-order valence-corrected chi connectivity index (χ0v) is 28.7. The summed E-state index contributed by atoms with van der Waals surface area (Å²) >= 11 is 0. The largest absolute Gasteiger partial charge is 0.355 e. The van der Waals surface area contributed by atoms with E-state index in [9.17, 15) is 25.9 Å². The van der Waals surface area contributed by atoms with Crippen LogP contribution in [0.5, 0.6) is 0 Å². The lowest BCUT2D eigenvalue weighted by Crippen LogP contribution is -2.13. The van der Waals surface area contributed by atoms with E-state index in [0.717, 1.165) is 68.3 Å². The minimum atomic E-state index is -4.91. The van der Waals surface area contributed by atoms with Gasteiger partial charge >= 0.3 is 0 Å². The quantitative estimate of drug-likeness (QED) is 0.0904. The van der Waals surface area contributed by atoms with Crippen LogP contribution in [0.1, 0.15) is 56.0 Å². The van der Waals surface area contributed by atoms with E-state index < -0.39 is 35.9 Å². The third kappa shape index (κ3) is 7.26. The number of hydrogen-bond acceptors (Lipinski definition) is 6. The molecule has 47 heavy (non-hydrogen) atoms. The van der Waals surface area contributed by atoms with Gasteiger partial charge in [-0.1, -0.05) is 66.7 Å². The highest BCUT2D eigenvalue weighted by molar-refractivity contribution is 7.86. The summed E-state index contributed by atoms with van der Waals surface area (Å²) in [7, 11) is -9.66. The monoisotopic (exact) mass is 670 g/mol. The Bertz CT molecular complexity index is 2090. The summed E-state index contributed by atoms with van der Waals surface area (Å²) < 4.78 is 69.4. The van der Waals surface area contributed by atoms with Crippen LogP contribution in [0.4, 0.5) is 22.7 Å². The third-order valence-corrected chi connectivity index (χ3v) is 10.3. The summed E-state index contributed by atoms with van der Waals surface area (Å²) in [6.07, 6.45) is 0. The van der Waals surface area contributed by atoms with E-state index in [1.54, 1.807) is 0 Å². The summed E-state index contributed by atoms with van der Waals surface area (Å²) in [6.45, 7) is 12.0. The number of benzene rings is 5. The second kappa shape index (κ2) is 13.0. The van der Waals surface area contributed by atoms with Crippen molar-refractivity contribution in [3.63, 3.8) is 0 Å². The van der Waals surface area contributed by atoms with Crippen molar-refractivity contribution in [1.82, 2.24) is 0 Å². The van der Waals surface area contributed by atoms with Gasteiger partial charge in [0.1, 0.15) is 0 Å². The fourth-order valence-electron chi connectivity index (χ4n) is 5.99. The molecule has 4 N–H and O–H groups in total. The summed E-state index contributed by atoms with van der Waals surface area (Å²) in [5.74, 6) is -0.733. The predicted octanol–water partition coefficient (Wildman–Crippen LogP) is 8.70. The van der Waals surface area contributed by atoms with E-state index in [2.05, 4.69) is 10.6 Å². The highest BCUT2D eigenvalue weighted by atomic mass is 32.2. The van der Waals surface area contributed by atoms with Gasteiger partial charge in [0, 0.05) is 28.7 Å². The van der Waals surface area contributed by atoms with E-state index in [4.69, 9.17) is 0 Å². The predicted molar refractivity (Wildman–Crippen MR) is 188 cm³/mol. The van der Waals surface area contributed by atoms with E-state index in [1.807, 2.05) is 114 Å². The average Bonchev–Trinajstić information content (AvgIpc) is 2.98. The van der Waals surface area contributed by atoms with Gasteiger partial charge in [0.2, 0.25) is 0 Å². The lowest BCUT2D eigenvalue weighted by Gasteiger charge is -2.24. The van der Waals surface area contributed by atoms with Gasteiger partial charge in [0.25, 0.3) is 20.2 Å². The molecular formula is C37H38N2O6S2. The second-order valence-corrected chi connectivity index (χ2v) is 14.8. The summed E-state index contributed by atoms with van der Waals surface area (Å²) in [4.78, 5) is -1.25. The van der Waals surface area contributed by atoms with Crippen LogP contribution in [0, 0.1) is 41.5 Å². The first-order valence-electron chi connectivity index (χ1n) is 15.0. The SMILES string of the molecule is Cc1cc(C(c2ccc(Nc3c(C)cccc3C)c(C)c2)c2ccc(S(=O)(=O)O)cc2S(=O)(=O)O)ccc1Nc1c(C)cccc1C. The molecule has 8 nitrogen and oxygen atoms in total. The molecule has 10 heteroatoms. The van der Waals surface area contributed by atoms with Gasteiger partial charge in [-0.25, -0.2) is 0 Å². The van der Waals surface area contributed by atoms with Gasteiger partial charge in [-0.3, -0.25) is 9.11 Å².